The topological polar surface area (TPSA) is 161 Å². The first kappa shape index (κ1) is 23.4. The minimum absolute atomic E-state index is 0.0112. The van der Waals surface area contributed by atoms with Crippen LogP contribution in [0.15, 0.2) is 48.5 Å². The number of carbonyl (C=O) groups excluding carboxylic acids is 4. The lowest BCUT2D eigenvalue weighted by molar-refractivity contribution is -0.142. The van der Waals surface area contributed by atoms with Gasteiger partial charge in [-0.2, -0.15) is 0 Å². The van der Waals surface area contributed by atoms with Gasteiger partial charge in [-0.05, 0) is 42.2 Å². The molecule has 1 saturated heterocycles. The third kappa shape index (κ3) is 3.40. The lowest BCUT2D eigenvalue weighted by atomic mass is 9.72. The molecule has 0 saturated carbocycles. The van der Waals surface area contributed by atoms with Crippen molar-refractivity contribution in [2.45, 2.75) is 24.9 Å². The van der Waals surface area contributed by atoms with Crippen LogP contribution in [0.25, 0.3) is 10.9 Å². The Morgan fingerprint density at radius 2 is 1.94 bits per heavy atom. The summed E-state index contributed by atoms with van der Waals surface area (Å²) in [5.41, 5.74) is 12.1. The number of benzene rings is 2. The van der Waals surface area contributed by atoms with Crippen LogP contribution in [0, 0.1) is 11.8 Å². The monoisotopic (exact) mass is 489 g/mol. The van der Waals surface area contributed by atoms with Crippen molar-refractivity contribution in [3.05, 3.63) is 65.4 Å². The van der Waals surface area contributed by atoms with Crippen LogP contribution in [-0.2, 0) is 26.5 Å². The van der Waals surface area contributed by atoms with Gasteiger partial charge in [0.15, 0.2) is 5.54 Å². The Balaban J connectivity index is 1.66. The normalized spacial score (nSPS) is 21.8. The molecule has 3 heterocycles. The Kier molecular flexibility index (Phi) is 5.66. The zero-order chi connectivity index (χ0) is 25.6. The summed E-state index contributed by atoms with van der Waals surface area (Å²) in [7, 11) is 1.54. The lowest BCUT2D eigenvalue weighted by Crippen LogP contribution is -2.61. The Morgan fingerprint density at radius 1 is 1.17 bits per heavy atom. The molecule has 1 aromatic heterocycles. The highest BCUT2D eigenvalue weighted by Gasteiger charge is 2.59. The molecule has 2 aromatic carbocycles. The molecular weight excluding hydrogens is 462 g/mol. The molecule has 5 rings (SSSR count). The lowest BCUT2D eigenvalue weighted by Gasteiger charge is -2.41. The van der Waals surface area contributed by atoms with E-state index in [-0.39, 0.29) is 24.6 Å². The number of nitrogens with two attached hydrogens (primary N) is 2. The number of hydrogen-bond acceptors (Lipinski definition) is 5. The van der Waals surface area contributed by atoms with E-state index in [9.17, 15) is 19.2 Å². The predicted molar refractivity (Wildman–Crippen MR) is 130 cm³/mol. The van der Waals surface area contributed by atoms with Gasteiger partial charge in [-0.1, -0.05) is 30.3 Å². The molecule has 10 nitrogen and oxygen atoms in total. The maximum absolute atomic E-state index is 14.0. The first-order chi connectivity index (χ1) is 17.3. The van der Waals surface area contributed by atoms with E-state index in [2.05, 4.69) is 10.3 Å². The summed E-state index contributed by atoms with van der Waals surface area (Å²) in [6.45, 7) is 0.514. The van der Waals surface area contributed by atoms with Crippen LogP contribution in [-0.4, -0.2) is 47.2 Å². The van der Waals surface area contributed by atoms with Crippen molar-refractivity contribution in [1.29, 1.82) is 0 Å². The third-order valence-corrected chi connectivity index (χ3v) is 7.41. The quantitative estimate of drug-likeness (QED) is 0.391. The number of nitrogens with zero attached hydrogens (tertiary/aromatic N) is 1. The molecule has 36 heavy (non-hydrogen) atoms. The van der Waals surface area contributed by atoms with Crippen molar-refractivity contribution in [2.75, 3.05) is 13.7 Å². The number of aromatic amines is 1. The van der Waals surface area contributed by atoms with E-state index >= 15 is 0 Å². The fraction of sp³-hybridized carbons (Fsp3) is 0.308. The highest BCUT2D eigenvalue weighted by atomic mass is 16.5. The van der Waals surface area contributed by atoms with Crippen LogP contribution in [0.1, 0.15) is 34.5 Å². The Labute approximate surface area is 206 Å². The number of methoxy groups -OCH3 is 1. The number of ether oxygens (including phenoxy) is 1. The van der Waals surface area contributed by atoms with Gasteiger partial charge in [-0.25, -0.2) is 0 Å². The van der Waals surface area contributed by atoms with Crippen molar-refractivity contribution in [1.82, 2.24) is 15.2 Å². The Morgan fingerprint density at radius 3 is 2.61 bits per heavy atom. The van der Waals surface area contributed by atoms with Crippen molar-refractivity contribution >= 4 is 34.5 Å². The van der Waals surface area contributed by atoms with E-state index in [1.807, 2.05) is 0 Å². The van der Waals surface area contributed by atoms with Crippen LogP contribution in [0.3, 0.4) is 0 Å². The van der Waals surface area contributed by atoms with Crippen molar-refractivity contribution < 1.29 is 23.9 Å². The van der Waals surface area contributed by atoms with Gasteiger partial charge in [0.25, 0.3) is 5.91 Å². The summed E-state index contributed by atoms with van der Waals surface area (Å²) >= 11 is 0. The summed E-state index contributed by atoms with van der Waals surface area (Å²) in [6, 6.07) is 14.0. The molecule has 4 amide bonds. The fourth-order valence-electron chi connectivity index (χ4n) is 5.73. The van der Waals surface area contributed by atoms with E-state index in [0.29, 0.717) is 40.7 Å². The summed E-state index contributed by atoms with van der Waals surface area (Å²) < 4.78 is 5.41. The molecule has 1 fully saturated rings. The number of amides is 4. The molecule has 0 spiro atoms. The maximum Gasteiger partial charge on any atom is 0.271 e. The van der Waals surface area contributed by atoms with Gasteiger partial charge in [-0.3, -0.25) is 19.2 Å². The van der Waals surface area contributed by atoms with Crippen LogP contribution >= 0.6 is 0 Å². The SMILES string of the molecule is COc1cccc2[nH]c(C(=O)N3Cc4ccccc4C3(C(N)=O)[C@H](C[C@H]3CCNC3=O)C(N)=O)cc12. The van der Waals surface area contributed by atoms with E-state index in [0.717, 1.165) is 0 Å². The molecule has 3 atom stereocenters. The predicted octanol–water partition coefficient (Wildman–Crippen LogP) is 1.14. The van der Waals surface area contributed by atoms with Crippen LogP contribution in [0.2, 0.25) is 0 Å². The average molecular weight is 490 g/mol. The second kappa shape index (κ2) is 8.71. The number of rotatable bonds is 7. The second-order valence-corrected chi connectivity index (χ2v) is 9.25. The Hall–Kier alpha value is -4.34. The zero-order valence-electron chi connectivity index (χ0n) is 19.7. The summed E-state index contributed by atoms with van der Waals surface area (Å²) in [5.74, 6) is -3.58. The second-order valence-electron chi connectivity index (χ2n) is 9.25. The zero-order valence-corrected chi connectivity index (χ0v) is 19.7. The molecule has 0 radical (unpaired) electrons. The number of primary amides is 2. The maximum atomic E-state index is 14.0. The van der Waals surface area contributed by atoms with Gasteiger partial charge in [0, 0.05) is 29.9 Å². The molecule has 10 heteroatoms. The molecule has 0 bridgehead atoms. The van der Waals surface area contributed by atoms with Gasteiger partial charge in [0.2, 0.25) is 17.7 Å². The molecule has 2 aliphatic heterocycles. The molecular formula is C26H27N5O5. The minimum Gasteiger partial charge on any atom is -0.496 e. The number of hydrogen-bond donors (Lipinski definition) is 4. The standard InChI is InChI=1S/C26H27N5O5/c1-36-21-8-4-7-19-16(21)12-20(30-19)24(34)31-13-15-5-2-3-6-17(15)26(31,25(28)35)18(22(27)32)11-14-9-10-29-23(14)33/h2-8,12,14,18,30H,9-11,13H2,1H3,(H2,27,32)(H2,28,35)(H,29,33)/t14-,18-,26?/m1/s1. The highest BCUT2D eigenvalue weighted by molar-refractivity contribution is 6.05. The van der Waals surface area contributed by atoms with Crippen molar-refractivity contribution in [3.8, 4) is 5.75 Å². The Bertz CT molecular complexity index is 1400. The molecule has 2 aliphatic rings. The van der Waals surface area contributed by atoms with Gasteiger partial charge in [0.1, 0.15) is 11.4 Å². The molecule has 186 valence electrons. The molecule has 6 N–H and O–H groups in total. The summed E-state index contributed by atoms with van der Waals surface area (Å²) in [6.07, 6.45) is 0.484. The molecule has 0 aliphatic carbocycles. The van der Waals surface area contributed by atoms with Crippen molar-refractivity contribution in [2.24, 2.45) is 23.3 Å². The first-order valence-corrected chi connectivity index (χ1v) is 11.7. The van der Waals surface area contributed by atoms with Crippen molar-refractivity contribution in [3.63, 3.8) is 0 Å². The first-order valence-electron chi connectivity index (χ1n) is 11.7. The van der Waals surface area contributed by atoms with Gasteiger partial charge in [-0.15, -0.1) is 0 Å². The largest absolute Gasteiger partial charge is 0.496 e. The third-order valence-electron chi connectivity index (χ3n) is 7.41. The molecule has 1 unspecified atom stereocenters. The minimum atomic E-state index is -1.86. The van der Waals surface area contributed by atoms with E-state index in [1.165, 1.54) is 12.0 Å². The van der Waals surface area contributed by atoms with Crippen LogP contribution in [0.4, 0.5) is 0 Å². The van der Waals surface area contributed by atoms with Crippen LogP contribution < -0.4 is 21.5 Å². The number of aromatic nitrogens is 1. The smallest absolute Gasteiger partial charge is 0.271 e. The van der Waals surface area contributed by atoms with Gasteiger partial charge in [0.05, 0.1) is 13.0 Å². The fourth-order valence-corrected chi connectivity index (χ4v) is 5.73. The number of carbonyl (C=O) groups is 4. The van der Waals surface area contributed by atoms with Crippen LogP contribution in [0.5, 0.6) is 5.75 Å². The number of H-pyrrole nitrogens is 1. The van der Waals surface area contributed by atoms with E-state index < -0.39 is 35.1 Å². The number of nitrogens with one attached hydrogen (secondary N) is 2. The average Bonchev–Trinajstić information content (AvgIpc) is 3.57. The number of fused-ring (bicyclic) bond motifs is 2. The van der Waals surface area contributed by atoms with E-state index in [1.54, 1.807) is 48.5 Å². The highest BCUT2D eigenvalue weighted by Crippen LogP contribution is 2.48. The van der Waals surface area contributed by atoms with Gasteiger partial charge >= 0.3 is 0 Å². The molecule has 3 aromatic rings. The summed E-state index contributed by atoms with van der Waals surface area (Å²) in [5, 5.41) is 3.44. The summed E-state index contributed by atoms with van der Waals surface area (Å²) in [4.78, 5) is 57.2. The van der Waals surface area contributed by atoms with E-state index in [4.69, 9.17) is 16.2 Å². The van der Waals surface area contributed by atoms with Gasteiger partial charge < -0.3 is 31.4 Å².